The number of ether oxygens (including phenoxy) is 1. The minimum atomic E-state index is 0.551. The van der Waals surface area contributed by atoms with Crippen molar-refractivity contribution < 1.29 is 4.74 Å². The van der Waals surface area contributed by atoms with Gasteiger partial charge in [-0.15, -0.1) is 0 Å². The fourth-order valence-electron chi connectivity index (χ4n) is 1.94. The van der Waals surface area contributed by atoms with Crippen LogP contribution in [-0.4, -0.2) is 34.9 Å². The Hall–Kier alpha value is -2.32. The second kappa shape index (κ2) is 6.73. The monoisotopic (exact) mass is 270 g/mol. The van der Waals surface area contributed by atoms with Gasteiger partial charge in [0.15, 0.2) is 0 Å². The molecule has 0 N–H and O–H groups in total. The standard InChI is InChI=1S/C15H18N4O/c1-18(11-13-10-17-19(2)12-13)7-8-20-15-6-4-3-5-14(15)9-16/h3-6,10,12H,7-8,11H2,1-2H3. The molecule has 1 aromatic heterocycles. The smallest absolute Gasteiger partial charge is 0.137 e. The van der Waals surface area contributed by atoms with E-state index in [1.165, 1.54) is 5.56 Å². The van der Waals surface area contributed by atoms with E-state index in [4.69, 9.17) is 10.00 Å². The van der Waals surface area contributed by atoms with Crippen molar-refractivity contribution in [3.63, 3.8) is 0 Å². The Kier molecular flexibility index (Phi) is 4.75. The maximum absolute atomic E-state index is 8.97. The van der Waals surface area contributed by atoms with E-state index >= 15 is 0 Å². The molecule has 0 unspecified atom stereocenters. The van der Waals surface area contributed by atoms with Crippen LogP contribution in [0.3, 0.4) is 0 Å². The topological polar surface area (TPSA) is 54.1 Å². The second-order valence-electron chi connectivity index (χ2n) is 4.72. The highest BCUT2D eigenvalue weighted by Gasteiger charge is 2.04. The molecule has 0 fully saturated rings. The number of likely N-dealkylation sites (N-methyl/N-ethyl adjacent to an activating group) is 1. The predicted octanol–water partition coefficient (Wildman–Crippen LogP) is 1.80. The lowest BCUT2D eigenvalue weighted by molar-refractivity contribution is 0.232. The van der Waals surface area contributed by atoms with Gasteiger partial charge in [-0.3, -0.25) is 9.58 Å². The fourth-order valence-corrected chi connectivity index (χ4v) is 1.94. The summed E-state index contributed by atoms with van der Waals surface area (Å²) >= 11 is 0. The van der Waals surface area contributed by atoms with Crippen LogP contribution >= 0.6 is 0 Å². The van der Waals surface area contributed by atoms with Crippen molar-refractivity contribution in [2.75, 3.05) is 20.2 Å². The normalized spacial score (nSPS) is 10.5. The highest BCUT2D eigenvalue weighted by Crippen LogP contribution is 2.16. The summed E-state index contributed by atoms with van der Waals surface area (Å²) in [5.74, 6) is 0.643. The van der Waals surface area contributed by atoms with Crippen molar-refractivity contribution in [2.24, 2.45) is 7.05 Å². The molecule has 0 saturated heterocycles. The van der Waals surface area contributed by atoms with Crippen molar-refractivity contribution in [3.05, 3.63) is 47.8 Å². The van der Waals surface area contributed by atoms with E-state index in [-0.39, 0.29) is 0 Å². The summed E-state index contributed by atoms with van der Waals surface area (Å²) in [6.07, 6.45) is 3.87. The summed E-state index contributed by atoms with van der Waals surface area (Å²) in [4.78, 5) is 2.16. The van der Waals surface area contributed by atoms with Crippen molar-refractivity contribution in [1.82, 2.24) is 14.7 Å². The molecular formula is C15H18N4O. The molecule has 0 bridgehead atoms. The number of nitriles is 1. The summed E-state index contributed by atoms with van der Waals surface area (Å²) in [7, 11) is 3.94. The van der Waals surface area contributed by atoms with Crippen LogP contribution in [0.5, 0.6) is 5.75 Å². The first-order valence-electron chi connectivity index (χ1n) is 6.47. The predicted molar refractivity (Wildman–Crippen MR) is 76.2 cm³/mol. The van der Waals surface area contributed by atoms with E-state index in [0.29, 0.717) is 17.9 Å². The Morgan fingerprint density at radius 3 is 2.90 bits per heavy atom. The third-order valence-corrected chi connectivity index (χ3v) is 2.95. The first-order valence-corrected chi connectivity index (χ1v) is 6.47. The SMILES string of the molecule is CN(CCOc1ccccc1C#N)Cc1cnn(C)c1. The van der Waals surface area contributed by atoms with E-state index in [1.807, 2.05) is 44.7 Å². The Morgan fingerprint density at radius 1 is 1.40 bits per heavy atom. The Morgan fingerprint density at radius 2 is 2.20 bits per heavy atom. The third kappa shape index (κ3) is 3.84. The van der Waals surface area contributed by atoms with Crippen molar-refractivity contribution >= 4 is 0 Å². The van der Waals surface area contributed by atoms with E-state index in [9.17, 15) is 0 Å². The van der Waals surface area contributed by atoms with Crippen LogP contribution in [0.4, 0.5) is 0 Å². The summed E-state index contributed by atoms with van der Waals surface area (Å²) in [6.45, 7) is 2.17. The number of rotatable bonds is 6. The quantitative estimate of drug-likeness (QED) is 0.803. The molecular weight excluding hydrogens is 252 g/mol. The minimum Gasteiger partial charge on any atom is -0.491 e. The first-order chi connectivity index (χ1) is 9.69. The van der Waals surface area contributed by atoms with Crippen LogP contribution in [0.1, 0.15) is 11.1 Å². The molecule has 0 aliphatic carbocycles. The number of para-hydroxylation sites is 1. The largest absolute Gasteiger partial charge is 0.491 e. The average molecular weight is 270 g/mol. The minimum absolute atomic E-state index is 0.551. The number of aryl methyl sites for hydroxylation is 1. The zero-order chi connectivity index (χ0) is 14.4. The van der Waals surface area contributed by atoms with Crippen LogP contribution in [0.2, 0.25) is 0 Å². The lowest BCUT2D eigenvalue weighted by Gasteiger charge is -2.16. The molecule has 0 aliphatic heterocycles. The van der Waals surface area contributed by atoms with Gasteiger partial charge in [0.2, 0.25) is 0 Å². The zero-order valence-corrected chi connectivity index (χ0v) is 11.8. The van der Waals surface area contributed by atoms with Gasteiger partial charge in [0.05, 0.1) is 11.8 Å². The van der Waals surface area contributed by atoms with Gasteiger partial charge >= 0.3 is 0 Å². The van der Waals surface area contributed by atoms with Gasteiger partial charge in [-0.1, -0.05) is 12.1 Å². The molecule has 0 atom stereocenters. The van der Waals surface area contributed by atoms with Crippen LogP contribution in [0.15, 0.2) is 36.7 Å². The van der Waals surface area contributed by atoms with Gasteiger partial charge in [-0.05, 0) is 19.2 Å². The maximum Gasteiger partial charge on any atom is 0.137 e. The van der Waals surface area contributed by atoms with Crippen LogP contribution in [0, 0.1) is 11.3 Å². The van der Waals surface area contributed by atoms with E-state index in [1.54, 1.807) is 10.7 Å². The highest BCUT2D eigenvalue weighted by atomic mass is 16.5. The number of nitrogens with zero attached hydrogens (tertiary/aromatic N) is 4. The van der Waals surface area contributed by atoms with Gasteiger partial charge in [0.1, 0.15) is 18.4 Å². The lowest BCUT2D eigenvalue weighted by Crippen LogP contribution is -2.23. The van der Waals surface area contributed by atoms with Gasteiger partial charge in [-0.2, -0.15) is 10.4 Å². The van der Waals surface area contributed by atoms with Crippen molar-refractivity contribution in [3.8, 4) is 11.8 Å². The molecule has 2 rings (SSSR count). The molecule has 0 spiro atoms. The fraction of sp³-hybridized carbons (Fsp3) is 0.333. The molecule has 0 aliphatic rings. The van der Waals surface area contributed by atoms with Crippen LogP contribution in [-0.2, 0) is 13.6 Å². The molecule has 20 heavy (non-hydrogen) atoms. The lowest BCUT2D eigenvalue weighted by atomic mass is 10.2. The van der Waals surface area contributed by atoms with E-state index in [0.717, 1.165) is 13.1 Å². The summed E-state index contributed by atoms with van der Waals surface area (Å²) in [5.41, 5.74) is 1.75. The third-order valence-electron chi connectivity index (χ3n) is 2.95. The van der Waals surface area contributed by atoms with E-state index in [2.05, 4.69) is 16.1 Å². The van der Waals surface area contributed by atoms with Gasteiger partial charge in [0, 0.05) is 31.9 Å². The Bertz CT molecular complexity index is 600. The molecule has 104 valence electrons. The second-order valence-corrected chi connectivity index (χ2v) is 4.72. The zero-order valence-electron chi connectivity index (χ0n) is 11.8. The van der Waals surface area contributed by atoms with Crippen molar-refractivity contribution in [2.45, 2.75) is 6.54 Å². The number of aromatic nitrogens is 2. The first kappa shape index (κ1) is 14.1. The number of hydrogen-bond acceptors (Lipinski definition) is 4. The van der Waals surface area contributed by atoms with Gasteiger partial charge < -0.3 is 4.74 Å². The molecule has 5 nitrogen and oxygen atoms in total. The summed E-state index contributed by atoms with van der Waals surface area (Å²) < 4.78 is 7.45. The van der Waals surface area contributed by atoms with Gasteiger partial charge in [-0.25, -0.2) is 0 Å². The van der Waals surface area contributed by atoms with Crippen LogP contribution in [0.25, 0.3) is 0 Å². The number of hydrogen-bond donors (Lipinski definition) is 0. The Labute approximate surface area is 119 Å². The molecule has 0 saturated carbocycles. The molecule has 0 amide bonds. The van der Waals surface area contributed by atoms with Gasteiger partial charge in [0.25, 0.3) is 0 Å². The highest BCUT2D eigenvalue weighted by molar-refractivity contribution is 5.42. The average Bonchev–Trinajstić information content (AvgIpc) is 2.84. The molecule has 1 aromatic carbocycles. The van der Waals surface area contributed by atoms with E-state index < -0.39 is 0 Å². The summed E-state index contributed by atoms with van der Waals surface area (Å²) in [5, 5.41) is 13.1. The van der Waals surface area contributed by atoms with Crippen molar-refractivity contribution in [1.29, 1.82) is 5.26 Å². The van der Waals surface area contributed by atoms with Crippen LogP contribution < -0.4 is 4.74 Å². The maximum atomic E-state index is 8.97. The molecule has 1 heterocycles. The molecule has 5 heteroatoms. The molecule has 2 aromatic rings. The summed E-state index contributed by atoms with van der Waals surface area (Å²) in [6, 6.07) is 9.41. The molecule has 0 radical (unpaired) electrons. The number of benzene rings is 1. The Balaban J connectivity index is 1.79.